The van der Waals surface area contributed by atoms with Gasteiger partial charge < -0.3 is 5.73 Å². The molecule has 0 aliphatic carbocycles. The smallest absolute Gasteiger partial charge is 0.00773 e. The average molecular weight is 424 g/mol. The van der Waals surface area contributed by atoms with Crippen LogP contribution in [-0.2, 0) is 0 Å². The van der Waals surface area contributed by atoms with E-state index in [0.29, 0.717) is 0 Å². The molecule has 30 heavy (non-hydrogen) atoms. The highest BCUT2D eigenvalue weighted by Gasteiger charge is 2.08. The molecule has 0 aromatic carbocycles. The molecule has 0 heterocycles. The van der Waals surface area contributed by atoms with Crippen LogP contribution in [-0.4, -0.2) is 6.54 Å². The summed E-state index contributed by atoms with van der Waals surface area (Å²) >= 11 is 0. The summed E-state index contributed by atoms with van der Waals surface area (Å²) in [6, 6.07) is 0. The fourth-order valence-electron chi connectivity index (χ4n) is 4.85. The molecule has 0 rings (SSSR count). The van der Waals surface area contributed by atoms with E-state index in [2.05, 4.69) is 13.8 Å². The molecule has 0 spiro atoms. The van der Waals surface area contributed by atoms with Crippen molar-refractivity contribution in [2.45, 2.75) is 174 Å². The molecule has 0 radical (unpaired) electrons. The van der Waals surface area contributed by atoms with Crippen molar-refractivity contribution >= 4 is 0 Å². The molecule has 0 bridgehead atoms. The fraction of sp³-hybridized carbons (Fsp3) is 1.00. The maximum absolute atomic E-state index is 5.65. The molecule has 0 amide bonds. The van der Waals surface area contributed by atoms with Crippen LogP contribution in [0.4, 0.5) is 0 Å². The molecular formula is C29H61N. The van der Waals surface area contributed by atoms with E-state index in [1.54, 1.807) is 0 Å². The Morgan fingerprint density at radius 2 is 0.633 bits per heavy atom. The zero-order valence-electron chi connectivity index (χ0n) is 21.5. The minimum Gasteiger partial charge on any atom is -0.330 e. The van der Waals surface area contributed by atoms with Gasteiger partial charge in [-0.1, -0.05) is 168 Å². The van der Waals surface area contributed by atoms with Crippen LogP contribution in [0, 0.1) is 5.92 Å². The first kappa shape index (κ1) is 30.0. The van der Waals surface area contributed by atoms with Gasteiger partial charge in [0.2, 0.25) is 0 Å². The molecule has 0 aliphatic rings. The van der Waals surface area contributed by atoms with Gasteiger partial charge in [-0.25, -0.2) is 0 Å². The zero-order valence-corrected chi connectivity index (χ0v) is 21.5. The van der Waals surface area contributed by atoms with Crippen molar-refractivity contribution in [3.63, 3.8) is 0 Å². The van der Waals surface area contributed by atoms with Crippen LogP contribution in [0.5, 0.6) is 0 Å². The average Bonchev–Trinajstić information content (AvgIpc) is 2.76. The van der Waals surface area contributed by atoms with Crippen LogP contribution < -0.4 is 5.73 Å². The SMILES string of the molecule is CCCCCCCCCCCCC(CCCCCCN)CCCCCCCCCC. The van der Waals surface area contributed by atoms with Crippen LogP contribution in [0.25, 0.3) is 0 Å². The standard InChI is InChI=1S/C29H61N/c1-3-5-7-9-11-13-14-16-18-22-26-29(27-23-19-20-24-28-30)25-21-17-15-12-10-8-6-4-2/h29H,3-28,30H2,1-2H3. The van der Waals surface area contributed by atoms with Crippen molar-refractivity contribution in [2.75, 3.05) is 6.54 Å². The summed E-state index contributed by atoms with van der Waals surface area (Å²) in [5.41, 5.74) is 5.65. The van der Waals surface area contributed by atoms with Gasteiger partial charge in [-0.05, 0) is 18.9 Å². The maximum atomic E-state index is 5.65. The molecule has 1 heteroatoms. The lowest BCUT2D eigenvalue weighted by Crippen LogP contribution is -2.02. The van der Waals surface area contributed by atoms with Gasteiger partial charge in [-0.15, -0.1) is 0 Å². The van der Waals surface area contributed by atoms with Crippen LogP contribution >= 0.6 is 0 Å². The molecule has 182 valence electrons. The van der Waals surface area contributed by atoms with Gasteiger partial charge in [-0.2, -0.15) is 0 Å². The first-order valence-electron chi connectivity index (χ1n) is 14.5. The van der Waals surface area contributed by atoms with E-state index in [0.717, 1.165) is 12.5 Å². The summed E-state index contributed by atoms with van der Waals surface area (Å²) < 4.78 is 0. The van der Waals surface area contributed by atoms with Crippen LogP contribution in [0.2, 0.25) is 0 Å². The van der Waals surface area contributed by atoms with E-state index >= 15 is 0 Å². The molecule has 0 aliphatic heterocycles. The number of hydrogen-bond acceptors (Lipinski definition) is 1. The third-order valence-corrected chi connectivity index (χ3v) is 7.00. The Balaban J connectivity index is 3.74. The lowest BCUT2D eigenvalue weighted by molar-refractivity contribution is 0.366. The Morgan fingerprint density at radius 3 is 0.933 bits per heavy atom. The Hall–Kier alpha value is -0.0400. The summed E-state index contributed by atoms with van der Waals surface area (Å²) in [4.78, 5) is 0. The summed E-state index contributed by atoms with van der Waals surface area (Å²) in [6.45, 7) is 5.49. The topological polar surface area (TPSA) is 26.0 Å². The van der Waals surface area contributed by atoms with E-state index < -0.39 is 0 Å². The third kappa shape index (κ3) is 24.2. The van der Waals surface area contributed by atoms with Crippen LogP contribution in [0.15, 0.2) is 0 Å². The largest absolute Gasteiger partial charge is 0.330 e. The first-order valence-corrected chi connectivity index (χ1v) is 14.5. The highest BCUT2D eigenvalue weighted by Crippen LogP contribution is 2.24. The molecule has 0 saturated carbocycles. The Labute approximate surface area is 192 Å². The molecule has 1 atom stereocenters. The summed E-state index contributed by atoms with van der Waals surface area (Å²) in [5, 5.41) is 0. The zero-order chi connectivity index (χ0) is 22.0. The normalized spacial score (nSPS) is 12.5. The van der Waals surface area contributed by atoms with E-state index in [1.807, 2.05) is 0 Å². The van der Waals surface area contributed by atoms with Crippen LogP contribution in [0.3, 0.4) is 0 Å². The third-order valence-electron chi connectivity index (χ3n) is 7.00. The molecule has 1 unspecified atom stereocenters. The van der Waals surface area contributed by atoms with Gasteiger partial charge >= 0.3 is 0 Å². The second-order valence-corrected chi connectivity index (χ2v) is 10.1. The van der Waals surface area contributed by atoms with Crippen molar-refractivity contribution in [1.82, 2.24) is 0 Å². The Morgan fingerprint density at radius 1 is 0.367 bits per heavy atom. The van der Waals surface area contributed by atoms with E-state index in [4.69, 9.17) is 5.73 Å². The Kier molecular flexibility index (Phi) is 27.0. The summed E-state index contributed by atoms with van der Waals surface area (Å²) in [6.07, 6.45) is 36.2. The second-order valence-electron chi connectivity index (χ2n) is 10.1. The number of unbranched alkanes of at least 4 members (excludes halogenated alkanes) is 19. The van der Waals surface area contributed by atoms with Crippen molar-refractivity contribution in [2.24, 2.45) is 11.7 Å². The predicted molar refractivity (Wildman–Crippen MR) is 139 cm³/mol. The van der Waals surface area contributed by atoms with Crippen molar-refractivity contribution in [3.05, 3.63) is 0 Å². The van der Waals surface area contributed by atoms with Crippen molar-refractivity contribution in [3.8, 4) is 0 Å². The van der Waals surface area contributed by atoms with E-state index in [-0.39, 0.29) is 0 Å². The van der Waals surface area contributed by atoms with E-state index in [1.165, 1.54) is 161 Å². The van der Waals surface area contributed by atoms with Crippen LogP contribution in [0.1, 0.15) is 174 Å². The summed E-state index contributed by atoms with van der Waals surface area (Å²) in [7, 11) is 0. The number of hydrogen-bond donors (Lipinski definition) is 1. The molecule has 0 aromatic heterocycles. The first-order chi connectivity index (χ1) is 14.8. The quantitative estimate of drug-likeness (QED) is 0.137. The van der Waals surface area contributed by atoms with Gasteiger partial charge in [0, 0.05) is 0 Å². The molecule has 2 N–H and O–H groups in total. The van der Waals surface area contributed by atoms with Crippen molar-refractivity contribution < 1.29 is 0 Å². The number of nitrogens with two attached hydrogens (primary N) is 1. The fourth-order valence-corrected chi connectivity index (χ4v) is 4.85. The molecular weight excluding hydrogens is 362 g/mol. The van der Waals surface area contributed by atoms with Gasteiger partial charge in [0.15, 0.2) is 0 Å². The summed E-state index contributed by atoms with van der Waals surface area (Å²) in [5.74, 6) is 1.01. The lowest BCUT2D eigenvalue weighted by atomic mass is 9.89. The minimum atomic E-state index is 0.875. The number of rotatable bonds is 26. The molecule has 0 fully saturated rings. The molecule has 0 aromatic rings. The minimum absolute atomic E-state index is 0.875. The predicted octanol–water partition coefficient (Wildman–Crippen LogP) is 10.4. The lowest BCUT2D eigenvalue weighted by Gasteiger charge is -2.17. The second kappa shape index (κ2) is 27.0. The molecule has 0 saturated heterocycles. The van der Waals surface area contributed by atoms with E-state index in [9.17, 15) is 0 Å². The maximum Gasteiger partial charge on any atom is -0.00773 e. The Bertz CT molecular complexity index is 288. The van der Waals surface area contributed by atoms with Gasteiger partial charge in [0.25, 0.3) is 0 Å². The monoisotopic (exact) mass is 423 g/mol. The highest BCUT2D eigenvalue weighted by molar-refractivity contribution is 4.62. The molecule has 1 nitrogen and oxygen atoms in total. The van der Waals surface area contributed by atoms with Gasteiger partial charge in [0.05, 0.1) is 0 Å². The van der Waals surface area contributed by atoms with Crippen molar-refractivity contribution in [1.29, 1.82) is 0 Å². The van der Waals surface area contributed by atoms with Gasteiger partial charge in [0.1, 0.15) is 0 Å². The van der Waals surface area contributed by atoms with Gasteiger partial charge in [-0.3, -0.25) is 0 Å². The highest BCUT2D eigenvalue weighted by atomic mass is 14.5.